The third kappa shape index (κ3) is 4.30. The van der Waals surface area contributed by atoms with Crippen molar-refractivity contribution in [3.05, 3.63) is 59.9 Å². The molecule has 2 aromatic carbocycles. The van der Waals surface area contributed by atoms with Gasteiger partial charge in [0, 0.05) is 13.1 Å². The van der Waals surface area contributed by atoms with Crippen LogP contribution < -0.4 is 15.5 Å². The molecule has 8 heteroatoms. The van der Waals surface area contributed by atoms with Crippen LogP contribution in [0.2, 0.25) is 0 Å². The Labute approximate surface area is 186 Å². The van der Waals surface area contributed by atoms with Gasteiger partial charge in [-0.1, -0.05) is 37.1 Å². The molecule has 0 saturated carbocycles. The number of anilines is 2. The number of hydrogen-bond acceptors (Lipinski definition) is 4. The lowest BCUT2D eigenvalue weighted by Crippen LogP contribution is -2.42. The van der Waals surface area contributed by atoms with Gasteiger partial charge in [0.05, 0.1) is 11.4 Å². The van der Waals surface area contributed by atoms with E-state index in [4.69, 9.17) is 0 Å². The van der Waals surface area contributed by atoms with E-state index in [0.29, 0.717) is 11.3 Å². The Kier molecular flexibility index (Phi) is 6.12. The number of rotatable bonds is 5. The van der Waals surface area contributed by atoms with Crippen molar-refractivity contribution < 1.29 is 18.8 Å². The first-order chi connectivity index (χ1) is 15.4. The molecule has 1 unspecified atom stereocenters. The topological polar surface area (TPSA) is 81.8 Å². The third-order valence-corrected chi connectivity index (χ3v) is 6.12. The van der Waals surface area contributed by atoms with Crippen LogP contribution in [0.25, 0.3) is 0 Å². The standard InChI is InChI=1S/C24H27FN4O3/c1-24(17-10-12-18(25)13-11-17)22(31)29(23(32)27-24)16-21(30)26-19-8-4-5-9-20(19)28-14-6-2-3-7-15-28/h4-5,8-13H,2-3,6-7,14-16H2,1H3,(H,26,30)(H,27,32). The summed E-state index contributed by atoms with van der Waals surface area (Å²) >= 11 is 0. The van der Waals surface area contributed by atoms with E-state index in [1.165, 1.54) is 37.1 Å². The number of nitrogens with zero attached hydrogens (tertiary/aromatic N) is 2. The van der Waals surface area contributed by atoms with Gasteiger partial charge in [-0.25, -0.2) is 9.18 Å². The van der Waals surface area contributed by atoms with Crippen LogP contribution in [0.5, 0.6) is 0 Å². The maximum Gasteiger partial charge on any atom is 0.325 e. The smallest absolute Gasteiger partial charge is 0.325 e. The summed E-state index contributed by atoms with van der Waals surface area (Å²) < 4.78 is 13.3. The summed E-state index contributed by atoms with van der Waals surface area (Å²) in [5.41, 5.74) is 0.699. The van der Waals surface area contributed by atoms with Crippen molar-refractivity contribution in [1.82, 2.24) is 10.2 Å². The third-order valence-electron chi connectivity index (χ3n) is 6.12. The zero-order valence-corrected chi connectivity index (χ0v) is 18.1. The molecular formula is C24H27FN4O3. The Morgan fingerprint density at radius 3 is 2.38 bits per heavy atom. The molecule has 7 nitrogen and oxygen atoms in total. The Bertz CT molecular complexity index is 1020. The molecular weight excluding hydrogens is 411 g/mol. The van der Waals surface area contributed by atoms with E-state index in [9.17, 15) is 18.8 Å². The van der Waals surface area contributed by atoms with Gasteiger partial charge < -0.3 is 15.5 Å². The quantitative estimate of drug-likeness (QED) is 0.699. The van der Waals surface area contributed by atoms with Crippen LogP contribution >= 0.6 is 0 Å². The van der Waals surface area contributed by atoms with Gasteiger partial charge >= 0.3 is 6.03 Å². The molecule has 32 heavy (non-hydrogen) atoms. The predicted octanol–water partition coefficient (Wildman–Crippen LogP) is 3.61. The number of urea groups is 1. The average molecular weight is 439 g/mol. The van der Waals surface area contributed by atoms with Crippen molar-refractivity contribution in [2.24, 2.45) is 0 Å². The molecule has 2 N–H and O–H groups in total. The van der Waals surface area contributed by atoms with Crippen molar-refractivity contribution in [3.63, 3.8) is 0 Å². The number of amides is 4. The van der Waals surface area contributed by atoms with Gasteiger partial charge in [0.1, 0.15) is 17.9 Å². The van der Waals surface area contributed by atoms with Crippen molar-refractivity contribution in [1.29, 1.82) is 0 Å². The molecule has 2 aliphatic heterocycles. The van der Waals surface area contributed by atoms with Crippen molar-refractivity contribution in [2.45, 2.75) is 38.1 Å². The minimum absolute atomic E-state index is 0.407. The molecule has 0 spiro atoms. The lowest BCUT2D eigenvalue weighted by atomic mass is 9.92. The second kappa shape index (κ2) is 8.98. The molecule has 2 aliphatic rings. The molecule has 0 aliphatic carbocycles. The summed E-state index contributed by atoms with van der Waals surface area (Å²) in [6, 6.07) is 12.3. The summed E-state index contributed by atoms with van der Waals surface area (Å²) in [6.07, 6.45) is 4.60. The Morgan fingerprint density at radius 1 is 1.03 bits per heavy atom. The second-order valence-electron chi connectivity index (χ2n) is 8.42. The van der Waals surface area contributed by atoms with E-state index in [1.54, 1.807) is 6.92 Å². The fraction of sp³-hybridized carbons (Fsp3) is 0.375. The molecule has 2 fully saturated rings. The van der Waals surface area contributed by atoms with E-state index in [0.717, 1.165) is 36.5 Å². The number of imide groups is 1. The zero-order chi connectivity index (χ0) is 22.7. The highest BCUT2D eigenvalue weighted by atomic mass is 19.1. The molecule has 0 aromatic heterocycles. The first-order valence-corrected chi connectivity index (χ1v) is 10.9. The maximum absolute atomic E-state index is 13.3. The molecule has 168 valence electrons. The van der Waals surface area contributed by atoms with E-state index in [1.807, 2.05) is 24.3 Å². The van der Waals surface area contributed by atoms with Crippen LogP contribution in [0.15, 0.2) is 48.5 Å². The SMILES string of the molecule is CC1(c2ccc(F)cc2)NC(=O)N(CC(=O)Nc2ccccc2N2CCCCCC2)C1=O. The fourth-order valence-corrected chi connectivity index (χ4v) is 4.32. The van der Waals surface area contributed by atoms with Crippen molar-refractivity contribution in [3.8, 4) is 0 Å². The molecule has 0 radical (unpaired) electrons. The van der Waals surface area contributed by atoms with Crippen LogP contribution in [-0.2, 0) is 15.1 Å². The normalized spacial score (nSPS) is 21.3. The van der Waals surface area contributed by atoms with Crippen molar-refractivity contribution in [2.75, 3.05) is 29.9 Å². The number of halogens is 1. The Hall–Kier alpha value is -3.42. The van der Waals surface area contributed by atoms with Crippen LogP contribution in [0.1, 0.15) is 38.2 Å². The summed E-state index contributed by atoms with van der Waals surface area (Å²) in [7, 11) is 0. The summed E-state index contributed by atoms with van der Waals surface area (Å²) in [6.45, 7) is 2.99. The van der Waals surface area contributed by atoms with Gasteiger partial charge in [-0.05, 0) is 49.6 Å². The minimum Gasteiger partial charge on any atom is -0.370 e. The van der Waals surface area contributed by atoms with E-state index < -0.39 is 35.7 Å². The monoisotopic (exact) mass is 438 g/mol. The largest absolute Gasteiger partial charge is 0.370 e. The molecule has 4 amide bonds. The average Bonchev–Trinajstić information content (AvgIpc) is 2.97. The number of para-hydroxylation sites is 2. The number of carbonyl (C=O) groups is 3. The van der Waals surface area contributed by atoms with Crippen LogP contribution in [0, 0.1) is 5.82 Å². The number of hydrogen-bond donors (Lipinski definition) is 2. The summed E-state index contributed by atoms with van der Waals surface area (Å²) in [5, 5.41) is 5.50. The number of benzene rings is 2. The summed E-state index contributed by atoms with van der Waals surface area (Å²) in [5.74, 6) is -1.45. The highest BCUT2D eigenvalue weighted by molar-refractivity contribution is 6.10. The lowest BCUT2D eigenvalue weighted by molar-refractivity contribution is -0.133. The Balaban J connectivity index is 1.47. The van der Waals surface area contributed by atoms with Gasteiger partial charge in [-0.3, -0.25) is 14.5 Å². The van der Waals surface area contributed by atoms with Crippen LogP contribution in [0.3, 0.4) is 0 Å². The molecule has 2 saturated heterocycles. The van der Waals surface area contributed by atoms with Crippen LogP contribution in [0.4, 0.5) is 20.6 Å². The van der Waals surface area contributed by atoms with Gasteiger partial charge in [0.15, 0.2) is 0 Å². The van der Waals surface area contributed by atoms with Gasteiger partial charge in [0.25, 0.3) is 5.91 Å². The fourth-order valence-electron chi connectivity index (χ4n) is 4.32. The minimum atomic E-state index is -1.35. The van der Waals surface area contributed by atoms with Gasteiger partial charge in [-0.2, -0.15) is 0 Å². The maximum atomic E-state index is 13.3. The van der Waals surface area contributed by atoms with Crippen LogP contribution in [-0.4, -0.2) is 42.4 Å². The highest BCUT2D eigenvalue weighted by Gasteiger charge is 2.49. The second-order valence-corrected chi connectivity index (χ2v) is 8.42. The predicted molar refractivity (Wildman–Crippen MR) is 120 cm³/mol. The van der Waals surface area contributed by atoms with E-state index in [-0.39, 0.29) is 0 Å². The van der Waals surface area contributed by atoms with E-state index >= 15 is 0 Å². The summed E-state index contributed by atoms with van der Waals surface area (Å²) in [4.78, 5) is 41.5. The highest BCUT2D eigenvalue weighted by Crippen LogP contribution is 2.30. The number of nitrogens with one attached hydrogen (secondary N) is 2. The van der Waals surface area contributed by atoms with Gasteiger partial charge in [0.2, 0.25) is 5.91 Å². The van der Waals surface area contributed by atoms with E-state index in [2.05, 4.69) is 15.5 Å². The first kappa shape index (κ1) is 21.8. The number of carbonyl (C=O) groups excluding carboxylic acids is 3. The molecule has 1 atom stereocenters. The van der Waals surface area contributed by atoms with Crippen molar-refractivity contribution >= 4 is 29.2 Å². The van der Waals surface area contributed by atoms with Gasteiger partial charge in [-0.15, -0.1) is 0 Å². The Morgan fingerprint density at radius 2 is 1.69 bits per heavy atom. The lowest BCUT2D eigenvalue weighted by Gasteiger charge is -2.26. The molecule has 4 rings (SSSR count). The first-order valence-electron chi connectivity index (χ1n) is 10.9. The molecule has 2 aromatic rings. The molecule has 0 bridgehead atoms. The molecule has 2 heterocycles. The zero-order valence-electron chi connectivity index (χ0n) is 18.1.